The molecule has 1 fully saturated rings. The van der Waals surface area contributed by atoms with Crippen molar-refractivity contribution >= 4 is 33.4 Å². The summed E-state index contributed by atoms with van der Waals surface area (Å²) in [5.41, 5.74) is 6.52. The van der Waals surface area contributed by atoms with Gasteiger partial charge in [-0.15, -0.1) is 11.3 Å². The Labute approximate surface area is 126 Å². The topological polar surface area (TPSA) is 76.3 Å². The van der Waals surface area contributed by atoms with Gasteiger partial charge in [-0.25, -0.2) is 4.98 Å². The summed E-state index contributed by atoms with van der Waals surface area (Å²) >= 11 is 1.35. The number of hydrogen-bond acceptors (Lipinski definition) is 4. The average Bonchev–Trinajstić information content (AvgIpc) is 2.87. The van der Waals surface area contributed by atoms with Crippen LogP contribution in [0.5, 0.6) is 0 Å². The molecule has 0 bridgehead atoms. The van der Waals surface area contributed by atoms with Crippen molar-refractivity contribution in [2.24, 2.45) is 5.73 Å². The molecule has 3 rings (SSSR count). The second-order valence-electron chi connectivity index (χ2n) is 5.37. The molecule has 110 valence electrons. The number of thiophene rings is 1. The summed E-state index contributed by atoms with van der Waals surface area (Å²) in [6.45, 7) is 3.03. The summed E-state index contributed by atoms with van der Waals surface area (Å²) in [7, 11) is 0. The van der Waals surface area contributed by atoms with E-state index in [2.05, 4.69) is 4.98 Å². The molecule has 1 saturated heterocycles. The van der Waals surface area contributed by atoms with Crippen molar-refractivity contribution in [1.82, 2.24) is 9.88 Å². The zero-order valence-electron chi connectivity index (χ0n) is 11.8. The van der Waals surface area contributed by atoms with Crippen LogP contribution in [0.15, 0.2) is 18.3 Å². The van der Waals surface area contributed by atoms with E-state index in [0.29, 0.717) is 11.4 Å². The maximum absolute atomic E-state index is 11.8. The number of pyridine rings is 1. The molecule has 2 aromatic heterocycles. The summed E-state index contributed by atoms with van der Waals surface area (Å²) in [5, 5.41) is 0.992. The van der Waals surface area contributed by atoms with E-state index < -0.39 is 5.91 Å². The summed E-state index contributed by atoms with van der Waals surface area (Å²) in [5.74, 6) is -0.172. The maximum atomic E-state index is 11.8. The van der Waals surface area contributed by atoms with Gasteiger partial charge in [0.25, 0.3) is 5.91 Å². The average molecular weight is 303 g/mol. The van der Waals surface area contributed by atoms with Crippen LogP contribution in [0.2, 0.25) is 0 Å². The minimum atomic E-state index is -0.409. The number of rotatable bonds is 2. The van der Waals surface area contributed by atoms with Gasteiger partial charge in [0, 0.05) is 37.5 Å². The number of carbonyl (C=O) groups excluding carboxylic acids is 2. The number of piperidine rings is 1. The predicted molar refractivity (Wildman–Crippen MR) is 82.4 cm³/mol. The number of primary amides is 1. The Bertz CT molecular complexity index is 710. The Kier molecular flexibility index (Phi) is 3.63. The van der Waals surface area contributed by atoms with Crippen molar-refractivity contribution in [3.8, 4) is 0 Å². The van der Waals surface area contributed by atoms with Crippen molar-refractivity contribution in [1.29, 1.82) is 0 Å². The standard InChI is InChI=1S/C15H17N3O2S/c1-9(19)18-7-3-4-10(8-18)12-11-5-2-6-17-15(11)21-13(12)14(16)20/h2,5-6,10H,3-4,7-8H2,1H3,(H2,16,20)/t10-/m0/s1. The molecule has 1 atom stereocenters. The monoisotopic (exact) mass is 303 g/mol. The molecule has 1 aliphatic rings. The quantitative estimate of drug-likeness (QED) is 0.923. The molecule has 21 heavy (non-hydrogen) atoms. The first-order valence-corrected chi connectivity index (χ1v) is 7.82. The molecule has 0 aromatic carbocycles. The highest BCUT2D eigenvalue weighted by atomic mass is 32.1. The summed E-state index contributed by atoms with van der Waals surface area (Å²) in [6, 6.07) is 3.85. The van der Waals surface area contributed by atoms with Crippen LogP contribution in [0.3, 0.4) is 0 Å². The zero-order chi connectivity index (χ0) is 15.0. The highest BCUT2D eigenvalue weighted by Gasteiger charge is 2.29. The van der Waals surface area contributed by atoms with Crippen molar-refractivity contribution < 1.29 is 9.59 Å². The summed E-state index contributed by atoms with van der Waals surface area (Å²) in [4.78, 5) is 31.0. The minimum absolute atomic E-state index is 0.0815. The van der Waals surface area contributed by atoms with Gasteiger partial charge in [-0.3, -0.25) is 9.59 Å². The predicted octanol–water partition coefficient (Wildman–Crippen LogP) is 2.12. The van der Waals surface area contributed by atoms with Crippen LogP contribution in [0, 0.1) is 0 Å². The van der Waals surface area contributed by atoms with Crippen LogP contribution in [0.4, 0.5) is 0 Å². The Hall–Kier alpha value is -1.95. The first-order chi connectivity index (χ1) is 10.1. The van der Waals surface area contributed by atoms with Crippen molar-refractivity contribution in [3.63, 3.8) is 0 Å². The molecular weight excluding hydrogens is 286 g/mol. The van der Waals surface area contributed by atoms with E-state index in [9.17, 15) is 9.59 Å². The first-order valence-electron chi connectivity index (χ1n) is 7.00. The van der Waals surface area contributed by atoms with Crippen LogP contribution in [-0.2, 0) is 4.79 Å². The lowest BCUT2D eigenvalue weighted by atomic mass is 9.89. The van der Waals surface area contributed by atoms with Gasteiger partial charge in [0.15, 0.2) is 0 Å². The van der Waals surface area contributed by atoms with E-state index in [1.54, 1.807) is 13.1 Å². The smallest absolute Gasteiger partial charge is 0.259 e. The Morgan fingerprint density at radius 1 is 1.48 bits per heavy atom. The second kappa shape index (κ2) is 5.44. The van der Waals surface area contributed by atoms with Crippen molar-refractivity contribution in [2.45, 2.75) is 25.7 Å². The van der Waals surface area contributed by atoms with Crippen LogP contribution in [0.25, 0.3) is 10.2 Å². The number of fused-ring (bicyclic) bond motifs is 1. The lowest BCUT2D eigenvalue weighted by Gasteiger charge is -2.32. The Morgan fingerprint density at radius 3 is 3.00 bits per heavy atom. The molecule has 2 aromatic rings. The van der Waals surface area contributed by atoms with Gasteiger partial charge in [0.1, 0.15) is 4.83 Å². The molecule has 0 saturated carbocycles. The maximum Gasteiger partial charge on any atom is 0.259 e. The molecule has 3 heterocycles. The number of carbonyl (C=O) groups is 2. The highest BCUT2D eigenvalue weighted by Crippen LogP contribution is 2.38. The van der Waals surface area contributed by atoms with Gasteiger partial charge in [-0.2, -0.15) is 0 Å². The van der Waals surface area contributed by atoms with Gasteiger partial charge >= 0.3 is 0 Å². The summed E-state index contributed by atoms with van der Waals surface area (Å²) < 4.78 is 0. The highest BCUT2D eigenvalue weighted by molar-refractivity contribution is 7.20. The molecule has 6 heteroatoms. The lowest BCUT2D eigenvalue weighted by Crippen LogP contribution is -2.38. The molecule has 1 aliphatic heterocycles. The molecular formula is C15H17N3O2S. The largest absolute Gasteiger partial charge is 0.365 e. The van der Waals surface area contributed by atoms with Crippen LogP contribution in [0.1, 0.15) is 40.9 Å². The third-order valence-electron chi connectivity index (χ3n) is 4.00. The van der Waals surface area contributed by atoms with E-state index in [1.165, 1.54) is 11.3 Å². The Morgan fingerprint density at radius 2 is 2.29 bits per heavy atom. The SMILES string of the molecule is CC(=O)N1CCC[C@H](c2c(C(N)=O)sc3ncccc23)C1. The van der Waals surface area contributed by atoms with E-state index in [4.69, 9.17) is 5.73 Å². The summed E-state index contributed by atoms with van der Waals surface area (Å²) in [6.07, 6.45) is 3.63. The molecule has 0 radical (unpaired) electrons. The fourth-order valence-electron chi connectivity index (χ4n) is 3.04. The fraction of sp³-hybridized carbons (Fsp3) is 0.400. The van der Waals surface area contributed by atoms with E-state index in [-0.39, 0.29) is 11.8 Å². The van der Waals surface area contributed by atoms with E-state index in [1.807, 2.05) is 17.0 Å². The third-order valence-corrected chi connectivity index (χ3v) is 5.15. The first kappa shape index (κ1) is 14.0. The third kappa shape index (κ3) is 2.51. The fourth-order valence-corrected chi connectivity index (χ4v) is 4.12. The normalized spacial score (nSPS) is 18.9. The zero-order valence-corrected chi connectivity index (χ0v) is 12.7. The number of likely N-dealkylation sites (tertiary alicyclic amines) is 1. The molecule has 0 spiro atoms. The molecule has 5 nitrogen and oxygen atoms in total. The second-order valence-corrected chi connectivity index (χ2v) is 6.37. The van der Waals surface area contributed by atoms with Gasteiger partial charge in [-0.1, -0.05) is 6.07 Å². The number of aromatic nitrogens is 1. The van der Waals surface area contributed by atoms with Crippen molar-refractivity contribution in [3.05, 3.63) is 28.8 Å². The molecule has 2 amide bonds. The number of nitrogens with two attached hydrogens (primary N) is 1. The number of nitrogens with zero attached hydrogens (tertiary/aromatic N) is 2. The lowest BCUT2D eigenvalue weighted by molar-refractivity contribution is -0.130. The minimum Gasteiger partial charge on any atom is -0.365 e. The number of amides is 2. The van der Waals surface area contributed by atoms with Gasteiger partial charge in [0.2, 0.25) is 5.91 Å². The van der Waals surface area contributed by atoms with Crippen LogP contribution in [-0.4, -0.2) is 34.8 Å². The van der Waals surface area contributed by atoms with Gasteiger partial charge in [0.05, 0.1) is 4.88 Å². The van der Waals surface area contributed by atoms with E-state index >= 15 is 0 Å². The Balaban J connectivity index is 2.08. The molecule has 2 N–H and O–H groups in total. The van der Waals surface area contributed by atoms with Crippen LogP contribution < -0.4 is 5.73 Å². The van der Waals surface area contributed by atoms with Gasteiger partial charge < -0.3 is 10.6 Å². The van der Waals surface area contributed by atoms with Gasteiger partial charge in [-0.05, 0) is 24.5 Å². The van der Waals surface area contributed by atoms with Crippen LogP contribution >= 0.6 is 11.3 Å². The molecule has 0 aliphatic carbocycles. The number of hydrogen-bond donors (Lipinski definition) is 1. The van der Waals surface area contributed by atoms with Crippen molar-refractivity contribution in [2.75, 3.05) is 13.1 Å². The van der Waals surface area contributed by atoms with E-state index in [0.717, 1.165) is 35.2 Å². The molecule has 0 unspecified atom stereocenters.